The molecule has 8 heteroatoms. The molecule has 0 aromatic heterocycles. The Morgan fingerprint density at radius 3 is 2.52 bits per heavy atom. The Morgan fingerprint density at radius 1 is 1.18 bits per heavy atom. The summed E-state index contributed by atoms with van der Waals surface area (Å²) in [5.41, 5.74) is 1.96. The van der Waals surface area contributed by atoms with Gasteiger partial charge >= 0.3 is 6.03 Å². The molecule has 178 valence electrons. The molecular formula is C25H34N4O4. The van der Waals surface area contributed by atoms with Crippen LogP contribution < -0.4 is 15.0 Å². The maximum atomic E-state index is 13.4. The second-order valence-corrected chi connectivity index (χ2v) is 8.85. The number of nitrogens with one attached hydrogen (secondary N) is 1. The van der Waals surface area contributed by atoms with Gasteiger partial charge in [-0.3, -0.25) is 4.79 Å². The summed E-state index contributed by atoms with van der Waals surface area (Å²) >= 11 is 0. The molecule has 3 rings (SSSR count). The van der Waals surface area contributed by atoms with Crippen molar-refractivity contribution in [1.82, 2.24) is 9.80 Å². The third kappa shape index (κ3) is 5.57. The minimum absolute atomic E-state index is 0.0849. The number of hydrogen-bond donors (Lipinski definition) is 2. The van der Waals surface area contributed by atoms with Crippen molar-refractivity contribution in [3.63, 3.8) is 0 Å². The highest BCUT2D eigenvalue weighted by molar-refractivity contribution is 5.99. The van der Waals surface area contributed by atoms with Crippen LogP contribution in [0.15, 0.2) is 48.5 Å². The highest BCUT2D eigenvalue weighted by atomic mass is 16.5. The number of carbonyl (C=O) groups is 2. The molecule has 2 aromatic rings. The number of carbonyl (C=O) groups excluding carboxylic acids is 2. The largest absolute Gasteiger partial charge is 0.485 e. The zero-order chi connectivity index (χ0) is 24.1. The van der Waals surface area contributed by atoms with Gasteiger partial charge in [0.15, 0.2) is 5.75 Å². The summed E-state index contributed by atoms with van der Waals surface area (Å²) in [4.78, 5) is 31.4. The maximum Gasteiger partial charge on any atom is 0.321 e. The number of benzene rings is 2. The fourth-order valence-corrected chi connectivity index (χ4v) is 3.89. The van der Waals surface area contributed by atoms with Crippen LogP contribution in [0.25, 0.3) is 0 Å². The van der Waals surface area contributed by atoms with E-state index >= 15 is 0 Å². The van der Waals surface area contributed by atoms with E-state index in [1.165, 1.54) is 0 Å². The van der Waals surface area contributed by atoms with Gasteiger partial charge in [-0.2, -0.15) is 0 Å². The Morgan fingerprint density at radius 2 is 1.88 bits per heavy atom. The SMILES string of the molecule is C[C@@H]1CN([C@H](C)CO)C(=O)c2cccc(N(C)C)c2O[C@H]1CN(C)C(=O)Nc1ccccc1. The van der Waals surface area contributed by atoms with E-state index in [1.807, 2.05) is 75.3 Å². The number of amides is 3. The maximum absolute atomic E-state index is 13.4. The van der Waals surface area contributed by atoms with Crippen LogP contribution in [0.4, 0.5) is 16.2 Å². The van der Waals surface area contributed by atoms with Gasteiger partial charge in [-0.15, -0.1) is 0 Å². The number of nitrogens with zero attached hydrogens (tertiary/aromatic N) is 3. The van der Waals surface area contributed by atoms with Crippen LogP contribution in [-0.2, 0) is 0 Å². The topological polar surface area (TPSA) is 85.4 Å². The fourth-order valence-electron chi connectivity index (χ4n) is 3.89. The first-order valence-electron chi connectivity index (χ1n) is 11.2. The van der Waals surface area contributed by atoms with Crippen molar-refractivity contribution in [3.8, 4) is 5.75 Å². The minimum Gasteiger partial charge on any atom is -0.485 e. The third-order valence-electron chi connectivity index (χ3n) is 5.98. The van der Waals surface area contributed by atoms with Crippen LogP contribution in [0.3, 0.4) is 0 Å². The fraction of sp³-hybridized carbons (Fsp3) is 0.440. The van der Waals surface area contributed by atoms with Gasteiger partial charge in [-0.25, -0.2) is 4.79 Å². The molecule has 0 aliphatic carbocycles. The summed E-state index contributed by atoms with van der Waals surface area (Å²) in [5, 5.41) is 12.7. The minimum atomic E-state index is -0.363. The standard InChI is InChI=1S/C25H34N4O4/c1-17-14-29(18(2)16-30)24(31)20-12-9-13-21(27(3)4)23(20)33-22(17)15-28(5)25(32)26-19-10-7-6-8-11-19/h6-13,17-18,22,30H,14-16H2,1-5H3,(H,26,32)/t17-,18-,22+/m1/s1. The summed E-state index contributed by atoms with van der Waals surface area (Å²) in [5.74, 6) is 0.241. The molecule has 0 saturated heterocycles. The van der Waals surface area contributed by atoms with Gasteiger partial charge in [0.1, 0.15) is 6.10 Å². The van der Waals surface area contributed by atoms with E-state index in [0.29, 0.717) is 24.4 Å². The second-order valence-electron chi connectivity index (χ2n) is 8.85. The number of urea groups is 1. The van der Waals surface area contributed by atoms with Crippen molar-refractivity contribution in [2.24, 2.45) is 5.92 Å². The molecule has 3 atom stereocenters. The Hall–Kier alpha value is -3.26. The van der Waals surface area contributed by atoms with Gasteiger partial charge in [-0.1, -0.05) is 31.2 Å². The van der Waals surface area contributed by atoms with Gasteiger partial charge in [0.2, 0.25) is 0 Å². The van der Waals surface area contributed by atoms with Crippen LogP contribution in [-0.4, -0.2) is 79.8 Å². The van der Waals surface area contributed by atoms with Crippen molar-refractivity contribution < 1.29 is 19.4 Å². The van der Waals surface area contributed by atoms with Crippen LogP contribution in [0.2, 0.25) is 0 Å². The van der Waals surface area contributed by atoms with Gasteiger partial charge in [0.25, 0.3) is 5.91 Å². The number of aliphatic hydroxyl groups excluding tert-OH is 1. The van der Waals surface area contributed by atoms with Gasteiger partial charge in [0, 0.05) is 39.3 Å². The van der Waals surface area contributed by atoms with E-state index < -0.39 is 0 Å². The van der Waals surface area contributed by atoms with Crippen LogP contribution in [0.1, 0.15) is 24.2 Å². The van der Waals surface area contributed by atoms with Gasteiger partial charge in [-0.05, 0) is 31.2 Å². The molecule has 1 aliphatic heterocycles. The van der Waals surface area contributed by atoms with Crippen molar-refractivity contribution in [2.75, 3.05) is 51.1 Å². The molecule has 2 aromatic carbocycles. The molecule has 1 heterocycles. The Balaban J connectivity index is 1.91. The second kappa shape index (κ2) is 10.6. The van der Waals surface area contributed by atoms with E-state index in [4.69, 9.17) is 4.74 Å². The average Bonchev–Trinajstić information content (AvgIpc) is 2.80. The number of ether oxygens (including phenoxy) is 1. The normalized spacial score (nSPS) is 19.0. The third-order valence-corrected chi connectivity index (χ3v) is 5.98. The Labute approximate surface area is 195 Å². The number of aliphatic hydroxyl groups is 1. The lowest BCUT2D eigenvalue weighted by Crippen LogP contribution is -2.50. The summed E-state index contributed by atoms with van der Waals surface area (Å²) in [6.07, 6.45) is -0.363. The zero-order valence-electron chi connectivity index (χ0n) is 20.0. The molecular weight excluding hydrogens is 420 g/mol. The highest BCUT2D eigenvalue weighted by Gasteiger charge is 2.35. The number of rotatable bonds is 6. The predicted molar refractivity (Wildman–Crippen MR) is 130 cm³/mol. The Bertz CT molecular complexity index is 966. The summed E-state index contributed by atoms with van der Waals surface area (Å²) in [6, 6.07) is 14.2. The molecule has 1 aliphatic rings. The van der Waals surface area contributed by atoms with Crippen LogP contribution in [0.5, 0.6) is 5.75 Å². The molecule has 0 radical (unpaired) electrons. The molecule has 0 fully saturated rings. The van der Waals surface area contributed by atoms with E-state index in [-0.39, 0.29) is 36.6 Å². The molecule has 0 bridgehead atoms. The van der Waals surface area contributed by atoms with Gasteiger partial charge < -0.3 is 29.9 Å². The zero-order valence-corrected chi connectivity index (χ0v) is 20.0. The summed E-state index contributed by atoms with van der Waals surface area (Å²) in [7, 11) is 5.52. The van der Waals surface area contributed by atoms with Gasteiger partial charge in [0.05, 0.1) is 30.4 Å². The molecule has 8 nitrogen and oxygen atoms in total. The monoisotopic (exact) mass is 454 g/mol. The average molecular weight is 455 g/mol. The molecule has 0 unspecified atom stereocenters. The van der Waals surface area contributed by atoms with Crippen LogP contribution >= 0.6 is 0 Å². The number of hydrogen-bond acceptors (Lipinski definition) is 5. The van der Waals surface area contributed by atoms with Crippen LogP contribution in [0, 0.1) is 5.92 Å². The molecule has 2 N–H and O–H groups in total. The van der Waals surface area contributed by atoms with E-state index in [0.717, 1.165) is 11.4 Å². The Kier molecular flexibility index (Phi) is 7.81. The van der Waals surface area contributed by atoms with E-state index in [9.17, 15) is 14.7 Å². The predicted octanol–water partition coefficient (Wildman–Crippen LogP) is 3.14. The van der Waals surface area contributed by atoms with E-state index in [2.05, 4.69) is 5.32 Å². The lowest BCUT2D eigenvalue weighted by Gasteiger charge is -2.39. The lowest BCUT2D eigenvalue weighted by molar-refractivity contribution is 0.0372. The highest BCUT2D eigenvalue weighted by Crippen LogP contribution is 2.36. The number of likely N-dealkylation sites (N-methyl/N-ethyl adjacent to an activating group) is 1. The molecule has 3 amide bonds. The number of fused-ring (bicyclic) bond motifs is 1. The van der Waals surface area contributed by atoms with Crippen molar-refractivity contribution in [2.45, 2.75) is 26.0 Å². The first kappa shape index (κ1) is 24.4. The summed E-state index contributed by atoms with van der Waals surface area (Å²) < 4.78 is 6.47. The van der Waals surface area contributed by atoms with Crippen molar-refractivity contribution in [3.05, 3.63) is 54.1 Å². The van der Waals surface area contributed by atoms with Crippen molar-refractivity contribution >= 4 is 23.3 Å². The number of para-hydroxylation sites is 2. The smallest absolute Gasteiger partial charge is 0.321 e. The van der Waals surface area contributed by atoms with Crippen molar-refractivity contribution in [1.29, 1.82) is 0 Å². The number of anilines is 2. The first-order valence-corrected chi connectivity index (χ1v) is 11.2. The summed E-state index contributed by atoms with van der Waals surface area (Å²) in [6.45, 7) is 4.44. The first-order chi connectivity index (χ1) is 15.7. The molecule has 33 heavy (non-hydrogen) atoms. The molecule has 0 spiro atoms. The quantitative estimate of drug-likeness (QED) is 0.701. The lowest BCUT2D eigenvalue weighted by atomic mass is 9.99. The molecule has 0 saturated carbocycles. The van der Waals surface area contributed by atoms with E-state index in [1.54, 1.807) is 22.9 Å².